The van der Waals surface area contributed by atoms with Gasteiger partial charge in [0.15, 0.2) is 0 Å². The van der Waals surface area contributed by atoms with Crippen LogP contribution in [0.15, 0.2) is 89.7 Å². The lowest BCUT2D eigenvalue weighted by molar-refractivity contribution is -0.128. The number of carbonyl (C=O) groups excluding carboxylic acids is 1. The molecule has 0 aliphatic carbocycles. The highest BCUT2D eigenvalue weighted by Gasteiger charge is 2.28. The summed E-state index contributed by atoms with van der Waals surface area (Å²) >= 11 is 0. The van der Waals surface area contributed by atoms with Crippen molar-refractivity contribution in [2.75, 3.05) is 13.7 Å². The zero-order valence-corrected chi connectivity index (χ0v) is 23.0. The number of amides is 1. The fourth-order valence-electron chi connectivity index (χ4n) is 4.92. The maximum absolute atomic E-state index is 14.0. The van der Waals surface area contributed by atoms with Crippen molar-refractivity contribution in [2.24, 2.45) is 0 Å². The Labute approximate surface area is 230 Å². The lowest BCUT2D eigenvalue weighted by Crippen LogP contribution is -2.38. The minimum atomic E-state index is -0.415. The number of para-hydroxylation sites is 3. The number of hydrogen-bond acceptors (Lipinski definition) is 4. The lowest BCUT2D eigenvalue weighted by atomic mass is 10.1. The highest BCUT2D eigenvalue weighted by molar-refractivity contribution is 5.92. The summed E-state index contributed by atoms with van der Waals surface area (Å²) in [5.74, 6) is 0.997. The van der Waals surface area contributed by atoms with E-state index in [0.29, 0.717) is 41.1 Å². The van der Waals surface area contributed by atoms with Gasteiger partial charge in [0.05, 0.1) is 29.7 Å². The number of methoxy groups -OCH3 is 1. The molecule has 0 spiro atoms. The average molecular weight is 524 g/mol. The normalized spacial score (nSPS) is 12.1. The number of aromatic nitrogens is 2. The van der Waals surface area contributed by atoms with Gasteiger partial charge >= 0.3 is 0 Å². The summed E-state index contributed by atoms with van der Waals surface area (Å²) in [6.07, 6.45) is 8.20. The third kappa shape index (κ3) is 6.45. The molecule has 4 aromatic rings. The third-order valence-corrected chi connectivity index (χ3v) is 6.94. The van der Waals surface area contributed by atoms with Gasteiger partial charge < -0.3 is 9.64 Å². The third-order valence-electron chi connectivity index (χ3n) is 6.94. The van der Waals surface area contributed by atoms with Gasteiger partial charge in [0, 0.05) is 12.6 Å². The van der Waals surface area contributed by atoms with Gasteiger partial charge in [-0.3, -0.25) is 14.2 Å². The highest BCUT2D eigenvalue weighted by Crippen LogP contribution is 2.30. The monoisotopic (exact) mass is 523 g/mol. The SMILES string of the molecule is CCCCCCN(C(=O)/C=C/c1ccccc1)C(CC)c1nc2ccccc2c(=O)n1-c1ccccc1OC. The highest BCUT2D eigenvalue weighted by atomic mass is 16.5. The Bertz CT molecular complexity index is 1480. The molecule has 0 saturated heterocycles. The van der Waals surface area contributed by atoms with Crippen LogP contribution in [-0.4, -0.2) is 34.0 Å². The predicted octanol–water partition coefficient (Wildman–Crippen LogP) is 6.97. The van der Waals surface area contributed by atoms with Crippen LogP contribution >= 0.6 is 0 Å². The molecule has 1 atom stereocenters. The second-order valence-corrected chi connectivity index (χ2v) is 9.56. The van der Waals surface area contributed by atoms with Gasteiger partial charge in [-0.25, -0.2) is 4.98 Å². The summed E-state index contributed by atoms with van der Waals surface area (Å²) in [7, 11) is 1.59. The van der Waals surface area contributed by atoms with E-state index in [9.17, 15) is 9.59 Å². The Hall–Kier alpha value is -4.19. The molecule has 1 amide bonds. The Morgan fingerprint density at radius 1 is 0.949 bits per heavy atom. The molecule has 6 nitrogen and oxygen atoms in total. The molecule has 3 aromatic carbocycles. The summed E-state index contributed by atoms with van der Waals surface area (Å²) < 4.78 is 7.27. The van der Waals surface area contributed by atoms with Crippen LogP contribution in [0, 0.1) is 0 Å². The molecule has 202 valence electrons. The number of ether oxygens (including phenoxy) is 1. The van der Waals surface area contributed by atoms with Crippen molar-refractivity contribution >= 4 is 22.9 Å². The summed E-state index contributed by atoms with van der Waals surface area (Å²) in [6.45, 7) is 4.78. The molecule has 1 heterocycles. The zero-order valence-electron chi connectivity index (χ0n) is 23.0. The number of hydrogen-bond donors (Lipinski definition) is 0. The van der Waals surface area contributed by atoms with E-state index in [1.165, 1.54) is 0 Å². The molecule has 0 radical (unpaired) electrons. The van der Waals surface area contributed by atoms with E-state index in [1.54, 1.807) is 23.8 Å². The average Bonchev–Trinajstić information content (AvgIpc) is 2.98. The van der Waals surface area contributed by atoms with E-state index >= 15 is 0 Å². The van der Waals surface area contributed by atoms with E-state index in [0.717, 1.165) is 31.2 Å². The summed E-state index contributed by atoms with van der Waals surface area (Å²) in [5.41, 5.74) is 1.99. The first-order valence-electron chi connectivity index (χ1n) is 13.8. The van der Waals surface area contributed by atoms with Crippen molar-refractivity contribution in [1.82, 2.24) is 14.5 Å². The van der Waals surface area contributed by atoms with E-state index in [1.807, 2.05) is 90.7 Å². The summed E-state index contributed by atoms with van der Waals surface area (Å²) in [5, 5.41) is 0.520. The molecule has 0 fully saturated rings. The Morgan fingerprint density at radius 2 is 1.67 bits per heavy atom. The van der Waals surface area contributed by atoms with Crippen LogP contribution in [0.3, 0.4) is 0 Å². The molecule has 0 aliphatic rings. The van der Waals surface area contributed by atoms with Gasteiger partial charge in [-0.1, -0.05) is 87.7 Å². The number of nitrogens with zero attached hydrogens (tertiary/aromatic N) is 3. The van der Waals surface area contributed by atoms with Crippen LogP contribution < -0.4 is 10.3 Å². The van der Waals surface area contributed by atoms with Crippen LogP contribution in [0.4, 0.5) is 0 Å². The number of unbranched alkanes of at least 4 members (excludes halogenated alkanes) is 3. The van der Waals surface area contributed by atoms with Gasteiger partial charge in [0.2, 0.25) is 5.91 Å². The maximum atomic E-state index is 14.0. The van der Waals surface area contributed by atoms with Gasteiger partial charge in [0.1, 0.15) is 11.6 Å². The predicted molar refractivity (Wildman–Crippen MR) is 158 cm³/mol. The second kappa shape index (κ2) is 13.6. The Balaban J connectivity index is 1.86. The Kier molecular flexibility index (Phi) is 9.68. The summed E-state index contributed by atoms with van der Waals surface area (Å²) in [4.78, 5) is 34.7. The molecule has 1 unspecified atom stereocenters. The Morgan fingerprint density at radius 3 is 2.41 bits per heavy atom. The van der Waals surface area contributed by atoms with Crippen molar-refractivity contribution in [3.63, 3.8) is 0 Å². The van der Waals surface area contributed by atoms with Crippen LogP contribution in [-0.2, 0) is 4.79 Å². The fraction of sp³-hybridized carbons (Fsp3) is 0.303. The maximum Gasteiger partial charge on any atom is 0.266 e. The fourth-order valence-corrected chi connectivity index (χ4v) is 4.92. The first-order chi connectivity index (χ1) is 19.1. The van der Waals surface area contributed by atoms with E-state index < -0.39 is 6.04 Å². The summed E-state index contributed by atoms with van der Waals surface area (Å²) in [6, 6.07) is 24.2. The minimum Gasteiger partial charge on any atom is -0.495 e. The number of fused-ring (bicyclic) bond motifs is 1. The second-order valence-electron chi connectivity index (χ2n) is 9.56. The molecule has 1 aromatic heterocycles. The van der Waals surface area contributed by atoms with Crippen LogP contribution in [0.5, 0.6) is 5.75 Å². The molecule has 0 aliphatic heterocycles. The smallest absolute Gasteiger partial charge is 0.266 e. The molecule has 39 heavy (non-hydrogen) atoms. The number of carbonyl (C=O) groups is 1. The molecule has 0 saturated carbocycles. The molecule has 0 bridgehead atoms. The van der Waals surface area contributed by atoms with Crippen molar-refractivity contribution in [1.29, 1.82) is 0 Å². The van der Waals surface area contributed by atoms with Crippen LogP contribution in [0.2, 0.25) is 0 Å². The van der Waals surface area contributed by atoms with Gasteiger partial charge in [0.25, 0.3) is 5.56 Å². The molecule has 0 N–H and O–H groups in total. The van der Waals surface area contributed by atoms with Crippen molar-refractivity contribution in [3.05, 3.63) is 107 Å². The number of benzene rings is 3. The van der Waals surface area contributed by atoms with Gasteiger partial charge in [-0.2, -0.15) is 0 Å². The quantitative estimate of drug-likeness (QED) is 0.149. The van der Waals surface area contributed by atoms with E-state index in [-0.39, 0.29) is 11.5 Å². The molecule has 6 heteroatoms. The van der Waals surface area contributed by atoms with Crippen molar-refractivity contribution < 1.29 is 9.53 Å². The first-order valence-corrected chi connectivity index (χ1v) is 13.8. The van der Waals surface area contributed by atoms with Crippen LogP contribution in [0.25, 0.3) is 22.7 Å². The molecule has 4 rings (SSSR count). The number of rotatable bonds is 12. The molecular formula is C33H37N3O3. The lowest BCUT2D eigenvalue weighted by Gasteiger charge is -2.32. The van der Waals surface area contributed by atoms with Crippen molar-refractivity contribution in [2.45, 2.75) is 52.0 Å². The van der Waals surface area contributed by atoms with Gasteiger partial charge in [-0.05, 0) is 48.7 Å². The van der Waals surface area contributed by atoms with Crippen molar-refractivity contribution in [3.8, 4) is 11.4 Å². The van der Waals surface area contributed by atoms with E-state index in [2.05, 4.69) is 6.92 Å². The zero-order chi connectivity index (χ0) is 27.6. The topological polar surface area (TPSA) is 64.4 Å². The first kappa shape index (κ1) is 27.8. The van der Waals surface area contributed by atoms with Gasteiger partial charge in [-0.15, -0.1) is 0 Å². The minimum absolute atomic E-state index is 0.101. The standard InChI is InChI=1S/C33H37N3O3/c1-4-6-7-15-24-35(31(37)23-22-25-16-9-8-10-17-25)28(5-2)32-34-27-19-12-11-18-26(27)33(38)36(32)29-20-13-14-21-30(29)39-3/h8-14,16-23,28H,4-7,15,24H2,1-3H3/b23-22+. The van der Waals surface area contributed by atoms with E-state index in [4.69, 9.17) is 9.72 Å². The molecular weight excluding hydrogens is 486 g/mol. The van der Waals surface area contributed by atoms with Crippen LogP contribution in [0.1, 0.15) is 63.4 Å². The largest absolute Gasteiger partial charge is 0.495 e.